The van der Waals surface area contributed by atoms with Crippen LogP contribution < -0.4 is 5.32 Å². The summed E-state index contributed by atoms with van der Waals surface area (Å²) in [6, 6.07) is 13.1. The summed E-state index contributed by atoms with van der Waals surface area (Å²) in [6.45, 7) is 5.11. The molecule has 2 aromatic carbocycles. The number of amides is 1. The fourth-order valence-corrected chi connectivity index (χ4v) is 4.38. The van der Waals surface area contributed by atoms with Crippen LogP contribution in [0.2, 0.25) is 0 Å². The Morgan fingerprint density at radius 1 is 0.941 bits per heavy atom. The van der Waals surface area contributed by atoms with Crippen molar-refractivity contribution < 1.29 is 23.9 Å². The molecule has 0 aliphatic heterocycles. The number of rotatable bonds is 6. The second kappa shape index (κ2) is 9.56. The molecule has 1 aliphatic rings. The number of nitrogens with one attached hydrogen (secondary N) is 1. The van der Waals surface area contributed by atoms with E-state index in [1.54, 1.807) is 36.4 Å². The predicted molar refractivity (Wildman–Crippen MR) is 126 cm³/mol. The highest BCUT2D eigenvalue weighted by molar-refractivity contribution is 7.99. The van der Waals surface area contributed by atoms with Gasteiger partial charge in [0.1, 0.15) is 0 Å². The molecule has 0 spiro atoms. The van der Waals surface area contributed by atoms with Crippen LogP contribution in [0.1, 0.15) is 50.2 Å². The molecule has 1 amide bonds. The highest BCUT2D eigenvalue weighted by Gasteiger charge is 2.32. The van der Waals surface area contributed by atoms with Crippen LogP contribution in [0.15, 0.2) is 53.7 Å². The molecule has 0 saturated heterocycles. The predicted octanol–water partition coefficient (Wildman–Crippen LogP) is 3.53. The van der Waals surface area contributed by atoms with Gasteiger partial charge in [-0.15, -0.1) is 0 Å². The molecule has 0 saturated carbocycles. The lowest BCUT2D eigenvalue weighted by Crippen LogP contribution is -2.32. The average Bonchev–Trinajstić information content (AvgIpc) is 2.80. The Kier molecular flexibility index (Phi) is 6.56. The molecule has 34 heavy (non-hydrogen) atoms. The van der Waals surface area contributed by atoms with Gasteiger partial charge in [-0.2, -0.15) is 0 Å². The second-order valence-electron chi connectivity index (χ2n) is 7.78. The van der Waals surface area contributed by atoms with Crippen molar-refractivity contribution in [2.24, 2.45) is 0 Å². The maximum Gasteiger partial charge on any atom is 0.317 e. The van der Waals surface area contributed by atoms with Crippen LogP contribution in [0.3, 0.4) is 0 Å². The summed E-state index contributed by atoms with van der Waals surface area (Å²) in [7, 11) is 0. The first-order chi connectivity index (χ1) is 16.2. The maximum atomic E-state index is 13.1. The number of carbonyl (C=O) groups excluding carboxylic acids is 4. The second-order valence-corrected chi connectivity index (χ2v) is 8.72. The van der Waals surface area contributed by atoms with Crippen molar-refractivity contribution in [3.05, 3.63) is 82.2 Å². The number of benzene rings is 2. The number of esters is 1. The van der Waals surface area contributed by atoms with Gasteiger partial charge in [-0.1, -0.05) is 48.2 Å². The maximum absolute atomic E-state index is 13.1. The Balaban J connectivity index is 1.43. The Morgan fingerprint density at radius 3 is 2.24 bits per heavy atom. The van der Waals surface area contributed by atoms with Gasteiger partial charge >= 0.3 is 5.97 Å². The number of hydrogen-bond acceptors (Lipinski definition) is 8. The van der Waals surface area contributed by atoms with E-state index in [1.165, 1.54) is 13.0 Å². The van der Waals surface area contributed by atoms with Gasteiger partial charge in [-0.3, -0.25) is 19.2 Å². The van der Waals surface area contributed by atoms with Crippen LogP contribution in [0.4, 0.5) is 5.69 Å². The Labute approximate surface area is 200 Å². The Bertz CT molecular complexity index is 1320. The lowest BCUT2D eigenvalue weighted by atomic mass is 9.83. The van der Waals surface area contributed by atoms with Gasteiger partial charge in [0.25, 0.3) is 5.91 Å². The minimum atomic E-state index is -1.12. The van der Waals surface area contributed by atoms with E-state index in [2.05, 4.69) is 15.3 Å². The molecule has 9 heteroatoms. The zero-order valence-corrected chi connectivity index (χ0v) is 19.6. The van der Waals surface area contributed by atoms with Gasteiger partial charge in [0.2, 0.25) is 0 Å². The minimum Gasteiger partial charge on any atom is -0.452 e. The molecule has 1 aliphatic carbocycles. The van der Waals surface area contributed by atoms with Gasteiger partial charge in [0.15, 0.2) is 22.8 Å². The van der Waals surface area contributed by atoms with Gasteiger partial charge in [-0.25, -0.2) is 9.97 Å². The van der Waals surface area contributed by atoms with Crippen molar-refractivity contribution >= 4 is 40.9 Å². The van der Waals surface area contributed by atoms with E-state index in [0.29, 0.717) is 10.7 Å². The van der Waals surface area contributed by atoms with E-state index in [1.807, 2.05) is 19.9 Å². The Morgan fingerprint density at radius 2 is 1.56 bits per heavy atom. The first-order valence-corrected chi connectivity index (χ1v) is 11.5. The molecule has 3 aromatic rings. The number of ether oxygens (including phenoxy) is 1. The summed E-state index contributed by atoms with van der Waals surface area (Å²) in [4.78, 5) is 59.4. The van der Waals surface area contributed by atoms with Crippen LogP contribution >= 0.6 is 11.8 Å². The number of anilines is 1. The molecular formula is C25H21N3O5S. The number of nitrogens with zero attached hydrogens (tertiary/aromatic N) is 2. The number of fused-ring (bicyclic) bond motifs is 2. The number of thioether (sulfide) groups is 1. The lowest BCUT2D eigenvalue weighted by molar-refractivity contribution is -0.150. The fourth-order valence-electron chi connectivity index (χ4n) is 3.65. The fraction of sp³-hybridized carbons (Fsp3) is 0.200. The molecule has 1 N–H and O–H groups in total. The van der Waals surface area contributed by atoms with Crippen LogP contribution in [0.5, 0.6) is 0 Å². The highest BCUT2D eigenvalue weighted by Crippen LogP contribution is 2.32. The molecule has 0 fully saturated rings. The van der Waals surface area contributed by atoms with Crippen LogP contribution in [0.25, 0.3) is 0 Å². The summed E-state index contributed by atoms with van der Waals surface area (Å²) < 4.78 is 5.24. The monoisotopic (exact) mass is 475 g/mol. The van der Waals surface area contributed by atoms with E-state index < -0.39 is 18.0 Å². The molecule has 172 valence electrons. The topological polar surface area (TPSA) is 115 Å². The van der Waals surface area contributed by atoms with Crippen molar-refractivity contribution in [3.8, 4) is 0 Å². The molecule has 8 nitrogen and oxygen atoms in total. The third kappa shape index (κ3) is 4.74. The number of aryl methyl sites for hydroxylation is 2. The zero-order valence-electron chi connectivity index (χ0n) is 18.7. The Hall–Kier alpha value is -3.85. The summed E-state index contributed by atoms with van der Waals surface area (Å²) in [5.74, 6) is -1.92. The average molecular weight is 476 g/mol. The first kappa shape index (κ1) is 23.3. The standard InChI is InChI=1S/C25H21N3O5S/c1-13-11-14(2)27-25(26-13)34-12-20(29)33-15(3)24(32)28-19-10-6-9-18-21(19)23(31)17-8-5-4-7-16(17)22(18)30/h4-11,15H,12H2,1-3H3,(H,28,32). The molecular weight excluding hydrogens is 454 g/mol. The third-order valence-electron chi connectivity index (χ3n) is 5.17. The summed E-state index contributed by atoms with van der Waals surface area (Å²) in [6.07, 6.45) is -1.12. The van der Waals surface area contributed by atoms with Crippen LogP contribution in [-0.4, -0.2) is 45.3 Å². The van der Waals surface area contributed by atoms with E-state index >= 15 is 0 Å². The van der Waals surface area contributed by atoms with Crippen molar-refractivity contribution in [2.45, 2.75) is 32.0 Å². The number of aromatic nitrogens is 2. The minimum absolute atomic E-state index is 0.0645. The number of carbonyl (C=O) groups is 4. The normalized spacial score (nSPS) is 13.0. The SMILES string of the molecule is Cc1cc(C)nc(SCC(=O)OC(C)C(=O)Nc2cccc3c2C(=O)c2ccccc2C3=O)n1. The number of hydrogen-bond donors (Lipinski definition) is 1. The summed E-state index contributed by atoms with van der Waals surface area (Å²) in [5, 5.41) is 3.07. The van der Waals surface area contributed by atoms with E-state index in [-0.39, 0.29) is 39.7 Å². The van der Waals surface area contributed by atoms with Crippen molar-refractivity contribution in [3.63, 3.8) is 0 Å². The third-order valence-corrected chi connectivity index (χ3v) is 5.99. The molecule has 4 rings (SSSR count). The van der Waals surface area contributed by atoms with Crippen LogP contribution in [0, 0.1) is 13.8 Å². The van der Waals surface area contributed by atoms with Gasteiger partial charge in [0, 0.05) is 28.1 Å². The summed E-state index contributed by atoms with van der Waals surface area (Å²) >= 11 is 1.12. The molecule has 1 heterocycles. The van der Waals surface area contributed by atoms with Gasteiger partial charge < -0.3 is 10.1 Å². The number of ketones is 2. The highest BCUT2D eigenvalue weighted by atomic mass is 32.2. The molecule has 1 atom stereocenters. The quantitative estimate of drug-likeness (QED) is 0.256. The van der Waals surface area contributed by atoms with Gasteiger partial charge in [-0.05, 0) is 32.9 Å². The van der Waals surface area contributed by atoms with Gasteiger partial charge in [0.05, 0.1) is 17.0 Å². The molecule has 0 radical (unpaired) electrons. The van der Waals surface area contributed by atoms with Crippen molar-refractivity contribution in [1.82, 2.24) is 9.97 Å². The van der Waals surface area contributed by atoms with Crippen LogP contribution in [-0.2, 0) is 14.3 Å². The van der Waals surface area contributed by atoms with Crippen molar-refractivity contribution in [1.29, 1.82) is 0 Å². The molecule has 1 unspecified atom stereocenters. The lowest BCUT2D eigenvalue weighted by Gasteiger charge is -2.21. The zero-order chi connectivity index (χ0) is 24.4. The van der Waals surface area contributed by atoms with E-state index in [4.69, 9.17) is 4.74 Å². The summed E-state index contributed by atoms with van der Waals surface area (Å²) in [5.41, 5.74) is 2.73. The van der Waals surface area contributed by atoms with Crippen molar-refractivity contribution in [2.75, 3.05) is 11.1 Å². The van der Waals surface area contributed by atoms with E-state index in [9.17, 15) is 19.2 Å². The van der Waals surface area contributed by atoms with E-state index in [0.717, 1.165) is 23.1 Å². The molecule has 1 aromatic heterocycles. The smallest absolute Gasteiger partial charge is 0.317 e. The largest absolute Gasteiger partial charge is 0.452 e. The molecule has 0 bridgehead atoms. The first-order valence-electron chi connectivity index (χ1n) is 10.5.